The molecule has 0 fully saturated rings. The average Bonchev–Trinajstić information content (AvgIpc) is 2.16. The van der Waals surface area contributed by atoms with Gasteiger partial charge in [0, 0.05) is 0 Å². The molecule has 0 radical (unpaired) electrons. The molecule has 0 aliphatic rings. The highest BCUT2D eigenvalue weighted by Crippen LogP contribution is 2.31. The van der Waals surface area contributed by atoms with Crippen molar-refractivity contribution in [3.05, 3.63) is 29.3 Å². The van der Waals surface area contributed by atoms with Gasteiger partial charge in [0.1, 0.15) is 10.6 Å². The van der Waals surface area contributed by atoms with Gasteiger partial charge in [-0.15, -0.1) is 0 Å². The van der Waals surface area contributed by atoms with E-state index in [1.807, 2.05) is 6.92 Å². The molecule has 14 heavy (non-hydrogen) atoms. The Bertz CT molecular complexity index is 315. The zero-order chi connectivity index (χ0) is 10.7. The van der Waals surface area contributed by atoms with E-state index in [0.29, 0.717) is 11.3 Å². The van der Waals surface area contributed by atoms with Gasteiger partial charge in [-0.1, -0.05) is 28.1 Å². The monoisotopic (exact) mass is 264 g/mol. The SMILES string of the molecule is COc1ccc(C(Br)C(F)F)cc1C. The first kappa shape index (κ1) is 11.4. The summed E-state index contributed by atoms with van der Waals surface area (Å²) >= 11 is 2.94. The second kappa shape index (κ2) is 4.73. The summed E-state index contributed by atoms with van der Waals surface area (Å²) in [6.07, 6.45) is -2.40. The number of benzene rings is 1. The maximum atomic E-state index is 12.4. The molecule has 0 aliphatic heterocycles. The predicted molar refractivity (Wildman–Crippen MR) is 55.4 cm³/mol. The van der Waals surface area contributed by atoms with E-state index in [2.05, 4.69) is 15.9 Å². The van der Waals surface area contributed by atoms with E-state index >= 15 is 0 Å². The summed E-state index contributed by atoms with van der Waals surface area (Å²) in [6, 6.07) is 5.03. The van der Waals surface area contributed by atoms with Crippen LogP contribution in [0.15, 0.2) is 18.2 Å². The van der Waals surface area contributed by atoms with E-state index in [9.17, 15) is 8.78 Å². The predicted octanol–water partition coefficient (Wildman–Crippen LogP) is 3.70. The summed E-state index contributed by atoms with van der Waals surface area (Å²) in [6.45, 7) is 1.83. The van der Waals surface area contributed by atoms with Gasteiger partial charge in [0.15, 0.2) is 0 Å². The van der Waals surface area contributed by atoms with Crippen LogP contribution in [0.1, 0.15) is 16.0 Å². The highest BCUT2D eigenvalue weighted by atomic mass is 79.9. The van der Waals surface area contributed by atoms with Gasteiger partial charge in [-0.25, -0.2) is 8.78 Å². The fraction of sp³-hybridized carbons (Fsp3) is 0.400. The molecule has 0 saturated heterocycles. The van der Waals surface area contributed by atoms with Crippen LogP contribution in [0.25, 0.3) is 0 Å². The maximum absolute atomic E-state index is 12.4. The molecule has 1 rings (SSSR count). The third-order valence-electron chi connectivity index (χ3n) is 1.96. The van der Waals surface area contributed by atoms with Gasteiger partial charge in [-0.05, 0) is 24.1 Å². The first-order chi connectivity index (χ1) is 6.56. The van der Waals surface area contributed by atoms with Crippen LogP contribution in [-0.2, 0) is 0 Å². The molecular formula is C10H11BrF2O. The second-order valence-electron chi connectivity index (χ2n) is 2.97. The maximum Gasteiger partial charge on any atom is 0.255 e. The summed E-state index contributed by atoms with van der Waals surface area (Å²) in [5.41, 5.74) is 1.42. The smallest absolute Gasteiger partial charge is 0.255 e. The standard InChI is InChI=1S/C10H11BrF2O/c1-6-5-7(9(11)10(12)13)3-4-8(6)14-2/h3-5,9-10H,1-2H3. The van der Waals surface area contributed by atoms with Crippen LogP contribution in [0.4, 0.5) is 8.78 Å². The van der Waals surface area contributed by atoms with E-state index in [1.54, 1.807) is 25.3 Å². The molecule has 78 valence electrons. The van der Waals surface area contributed by atoms with Crippen molar-refractivity contribution in [1.82, 2.24) is 0 Å². The van der Waals surface area contributed by atoms with Crippen molar-refractivity contribution < 1.29 is 13.5 Å². The summed E-state index contributed by atoms with van der Waals surface area (Å²) in [5.74, 6) is 0.711. The van der Waals surface area contributed by atoms with Crippen molar-refractivity contribution in [2.45, 2.75) is 18.2 Å². The number of hydrogen-bond acceptors (Lipinski definition) is 1. The summed E-state index contributed by atoms with van der Waals surface area (Å²) in [5, 5.41) is 0. The average molecular weight is 265 g/mol. The lowest BCUT2D eigenvalue weighted by Gasteiger charge is -2.11. The molecule has 0 aliphatic carbocycles. The van der Waals surface area contributed by atoms with Gasteiger partial charge in [0.05, 0.1) is 7.11 Å². The molecule has 1 unspecified atom stereocenters. The highest BCUT2D eigenvalue weighted by molar-refractivity contribution is 9.09. The normalized spacial score (nSPS) is 13.0. The lowest BCUT2D eigenvalue weighted by molar-refractivity contribution is 0.147. The van der Waals surface area contributed by atoms with Gasteiger partial charge in [-0.2, -0.15) is 0 Å². The molecule has 1 aromatic carbocycles. The quantitative estimate of drug-likeness (QED) is 0.757. The van der Waals surface area contributed by atoms with Gasteiger partial charge < -0.3 is 4.74 Å². The lowest BCUT2D eigenvalue weighted by Crippen LogP contribution is -2.02. The van der Waals surface area contributed by atoms with Gasteiger partial charge in [0.2, 0.25) is 0 Å². The molecule has 1 atom stereocenters. The Hall–Kier alpha value is -0.640. The minimum absolute atomic E-state index is 0.568. The Kier molecular flexibility index (Phi) is 3.86. The first-order valence-corrected chi connectivity index (χ1v) is 5.04. The number of halogens is 3. The highest BCUT2D eigenvalue weighted by Gasteiger charge is 2.19. The summed E-state index contributed by atoms with van der Waals surface area (Å²) in [7, 11) is 1.56. The molecule has 1 aromatic rings. The van der Waals surface area contributed by atoms with Gasteiger partial charge in [0.25, 0.3) is 6.43 Å². The van der Waals surface area contributed by atoms with Crippen LogP contribution in [0, 0.1) is 6.92 Å². The molecule has 4 heteroatoms. The number of methoxy groups -OCH3 is 1. The lowest BCUT2D eigenvalue weighted by atomic mass is 10.1. The third-order valence-corrected chi connectivity index (χ3v) is 2.89. The molecule has 0 aromatic heterocycles. The zero-order valence-corrected chi connectivity index (χ0v) is 9.51. The van der Waals surface area contributed by atoms with Crippen molar-refractivity contribution in [3.8, 4) is 5.75 Å². The molecule has 1 nitrogen and oxygen atoms in total. The molecule has 0 heterocycles. The van der Waals surface area contributed by atoms with Crippen molar-refractivity contribution in [1.29, 1.82) is 0 Å². The van der Waals surface area contributed by atoms with E-state index in [0.717, 1.165) is 5.56 Å². The third kappa shape index (κ3) is 2.44. The molecule has 0 bridgehead atoms. The zero-order valence-electron chi connectivity index (χ0n) is 7.93. The molecule has 0 saturated carbocycles. The number of alkyl halides is 3. The van der Waals surface area contributed by atoms with E-state index < -0.39 is 11.3 Å². The largest absolute Gasteiger partial charge is 0.496 e. The number of hydrogen-bond donors (Lipinski definition) is 0. The summed E-state index contributed by atoms with van der Waals surface area (Å²) < 4.78 is 29.7. The Morgan fingerprint density at radius 3 is 2.43 bits per heavy atom. The van der Waals surface area contributed by atoms with Crippen LogP contribution in [0.3, 0.4) is 0 Å². The number of aryl methyl sites for hydroxylation is 1. The second-order valence-corrected chi connectivity index (χ2v) is 3.95. The Labute approximate surface area is 90.2 Å². The van der Waals surface area contributed by atoms with Crippen LogP contribution in [-0.4, -0.2) is 13.5 Å². The van der Waals surface area contributed by atoms with Gasteiger partial charge in [-0.3, -0.25) is 0 Å². The molecule has 0 amide bonds. The number of ether oxygens (including phenoxy) is 1. The molecular weight excluding hydrogens is 254 g/mol. The van der Waals surface area contributed by atoms with E-state index in [-0.39, 0.29) is 0 Å². The minimum atomic E-state index is -2.40. The van der Waals surface area contributed by atoms with Crippen molar-refractivity contribution >= 4 is 15.9 Å². The van der Waals surface area contributed by atoms with Crippen molar-refractivity contribution in [2.75, 3.05) is 7.11 Å². The fourth-order valence-corrected chi connectivity index (χ4v) is 1.50. The van der Waals surface area contributed by atoms with Crippen LogP contribution in [0.2, 0.25) is 0 Å². The first-order valence-electron chi connectivity index (χ1n) is 4.13. The molecule has 0 N–H and O–H groups in total. The van der Waals surface area contributed by atoms with Crippen LogP contribution in [0.5, 0.6) is 5.75 Å². The number of rotatable bonds is 3. The Morgan fingerprint density at radius 1 is 1.36 bits per heavy atom. The van der Waals surface area contributed by atoms with Gasteiger partial charge >= 0.3 is 0 Å². The van der Waals surface area contributed by atoms with E-state index in [1.165, 1.54) is 0 Å². The minimum Gasteiger partial charge on any atom is -0.496 e. The topological polar surface area (TPSA) is 9.23 Å². The Balaban J connectivity index is 2.96. The molecule has 0 spiro atoms. The van der Waals surface area contributed by atoms with E-state index in [4.69, 9.17) is 4.74 Å². The van der Waals surface area contributed by atoms with Crippen molar-refractivity contribution in [3.63, 3.8) is 0 Å². The Morgan fingerprint density at radius 2 is 2.00 bits per heavy atom. The summed E-state index contributed by atoms with van der Waals surface area (Å²) in [4.78, 5) is -0.910. The fourth-order valence-electron chi connectivity index (χ4n) is 1.22. The van der Waals surface area contributed by atoms with Crippen LogP contribution >= 0.6 is 15.9 Å². The van der Waals surface area contributed by atoms with Crippen molar-refractivity contribution in [2.24, 2.45) is 0 Å². The van der Waals surface area contributed by atoms with Crippen LogP contribution < -0.4 is 4.74 Å².